The highest BCUT2D eigenvalue weighted by atomic mass is 16.7. The molecule has 2 aliphatic heterocycles. The van der Waals surface area contributed by atoms with Crippen molar-refractivity contribution < 1.29 is 19.7 Å². The van der Waals surface area contributed by atoms with Crippen LogP contribution >= 0.6 is 0 Å². The topological polar surface area (TPSA) is 74.2 Å². The molecule has 2 aliphatic rings. The minimum Gasteiger partial charge on any atom is -0.454 e. The highest BCUT2D eigenvalue weighted by Crippen LogP contribution is 2.34. The maximum atomic E-state index is 10.5. The summed E-state index contributed by atoms with van der Waals surface area (Å²) in [5, 5.41) is 22.2. The Kier molecular flexibility index (Phi) is 3.42. The number of fused-ring (bicyclic) bond motifs is 1. The molecule has 23 heavy (non-hydrogen) atoms. The first-order chi connectivity index (χ1) is 11.2. The van der Waals surface area contributed by atoms with Crippen LogP contribution in [0.25, 0.3) is 6.08 Å². The summed E-state index contributed by atoms with van der Waals surface area (Å²) < 4.78 is 10.6. The largest absolute Gasteiger partial charge is 0.454 e. The number of benzene rings is 2. The lowest BCUT2D eigenvalue weighted by Crippen LogP contribution is -2.39. The van der Waals surface area contributed by atoms with Gasteiger partial charge in [-0.25, -0.2) is 0 Å². The monoisotopic (exact) mass is 312 g/mol. The van der Waals surface area contributed by atoms with Crippen LogP contribution in [0.4, 0.5) is 5.69 Å². The molecule has 0 amide bonds. The van der Waals surface area contributed by atoms with Gasteiger partial charge in [0, 0.05) is 5.57 Å². The number of hydrogen-bond acceptors (Lipinski definition) is 6. The SMILES string of the molecule is O[C@@H]1NN(c2ccccc2)[C@H](O)/C1=C\c1ccc2c(c1)OCO2. The van der Waals surface area contributed by atoms with Gasteiger partial charge in [-0.15, -0.1) is 0 Å². The Balaban J connectivity index is 1.63. The van der Waals surface area contributed by atoms with Crippen molar-refractivity contribution in [2.24, 2.45) is 0 Å². The smallest absolute Gasteiger partial charge is 0.231 e. The second-order valence-electron chi connectivity index (χ2n) is 5.37. The fourth-order valence-electron chi connectivity index (χ4n) is 2.72. The third kappa shape index (κ3) is 2.53. The van der Waals surface area contributed by atoms with Crippen molar-refractivity contribution in [2.45, 2.75) is 12.5 Å². The molecule has 6 nitrogen and oxygen atoms in total. The highest BCUT2D eigenvalue weighted by Gasteiger charge is 2.34. The van der Waals surface area contributed by atoms with Gasteiger partial charge in [-0.1, -0.05) is 24.3 Å². The Morgan fingerprint density at radius 2 is 1.83 bits per heavy atom. The molecule has 1 saturated heterocycles. The van der Waals surface area contributed by atoms with Crippen LogP contribution in [0.2, 0.25) is 0 Å². The van der Waals surface area contributed by atoms with Crippen LogP contribution in [0, 0.1) is 0 Å². The summed E-state index contributed by atoms with van der Waals surface area (Å²) >= 11 is 0. The van der Waals surface area contributed by atoms with E-state index in [0.717, 1.165) is 11.3 Å². The molecule has 0 spiro atoms. The van der Waals surface area contributed by atoms with Gasteiger partial charge in [-0.3, -0.25) is 5.01 Å². The van der Waals surface area contributed by atoms with E-state index >= 15 is 0 Å². The van der Waals surface area contributed by atoms with Gasteiger partial charge in [0.25, 0.3) is 0 Å². The molecule has 6 heteroatoms. The van der Waals surface area contributed by atoms with Crippen LogP contribution in [0.3, 0.4) is 0 Å². The molecule has 2 atom stereocenters. The van der Waals surface area contributed by atoms with Gasteiger partial charge in [0.2, 0.25) is 6.79 Å². The van der Waals surface area contributed by atoms with Gasteiger partial charge in [-0.2, -0.15) is 5.43 Å². The van der Waals surface area contributed by atoms with Gasteiger partial charge in [0.15, 0.2) is 17.7 Å². The van der Waals surface area contributed by atoms with E-state index in [4.69, 9.17) is 9.47 Å². The van der Waals surface area contributed by atoms with E-state index in [-0.39, 0.29) is 6.79 Å². The van der Waals surface area contributed by atoms with Crippen LogP contribution in [0.5, 0.6) is 11.5 Å². The lowest BCUT2D eigenvalue weighted by molar-refractivity contribution is 0.174. The zero-order valence-corrected chi connectivity index (χ0v) is 12.2. The van der Waals surface area contributed by atoms with Gasteiger partial charge >= 0.3 is 0 Å². The number of aliphatic hydroxyl groups is 2. The van der Waals surface area contributed by atoms with Crippen LogP contribution in [-0.4, -0.2) is 29.5 Å². The maximum absolute atomic E-state index is 10.5. The standard InChI is InChI=1S/C17H16N2O4/c20-16-13(8-11-6-7-14-15(9-11)23-10-22-14)17(21)19(18-16)12-4-2-1-3-5-12/h1-9,16-18,20-21H,10H2/b13-8-/t16-,17+/m0/s1. The number of nitrogens with zero attached hydrogens (tertiary/aromatic N) is 1. The third-order valence-electron chi connectivity index (χ3n) is 3.88. The zero-order valence-electron chi connectivity index (χ0n) is 12.2. The Hall–Kier alpha value is -2.54. The van der Waals surface area contributed by atoms with Gasteiger partial charge in [-0.05, 0) is 35.9 Å². The summed E-state index contributed by atoms with van der Waals surface area (Å²) in [5.74, 6) is 1.36. The molecule has 2 aromatic carbocycles. The molecule has 0 saturated carbocycles. The van der Waals surface area contributed by atoms with Crippen molar-refractivity contribution in [1.82, 2.24) is 5.43 Å². The summed E-state index contributed by atoms with van der Waals surface area (Å²) in [4.78, 5) is 0. The summed E-state index contributed by atoms with van der Waals surface area (Å²) in [6.07, 6.45) is -0.179. The molecule has 1 fully saturated rings. The number of aliphatic hydroxyl groups excluding tert-OH is 2. The van der Waals surface area contributed by atoms with E-state index in [2.05, 4.69) is 5.43 Å². The summed E-state index contributed by atoms with van der Waals surface area (Å²) in [7, 11) is 0. The average Bonchev–Trinajstić information content (AvgIpc) is 3.15. The number of nitrogens with one attached hydrogen (secondary N) is 1. The van der Waals surface area contributed by atoms with Crippen molar-refractivity contribution in [2.75, 3.05) is 11.8 Å². The van der Waals surface area contributed by atoms with E-state index in [0.29, 0.717) is 17.1 Å². The molecule has 0 aromatic heterocycles. The first kappa shape index (κ1) is 14.1. The van der Waals surface area contributed by atoms with E-state index in [1.54, 1.807) is 6.08 Å². The zero-order chi connectivity index (χ0) is 15.8. The number of para-hydroxylation sites is 1. The fraction of sp³-hybridized carbons (Fsp3) is 0.176. The van der Waals surface area contributed by atoms with Crippen LogP contribution < -0.4 is 19.9 Å². The van der Waals surface area contributed by atoms with Crippen LogP contribution in [0.15, 0.2) is 54.1 Å². The van der Waals surface area contributed by atoms with Crippen molar-refractivity contribution in [1.29, 1.82) is 0 Å². The number of rotatable bonds is 2. The van der Waals surface area contributed by atoms with Crippen molar-refractivity contribution in [3.63, 3.8) is 0 Å². The average molecular weight is 312 g/mol. The van der Waals surface area contributed by atoms with Crippen molar-refractivity contribution in [3.8, 4) is 11.5 Å². The molecule has 4 rings (SSSR count). The highest BCUT2D eigenvalue weighted by molar-refractivity contribution is 5.62. The number of anilines is 1. The predicted octanol–water partition coefficient (Wildman–Crippen LogP) is 1.46. The molecule has 2 heterocycles. The first-order valence-corrected chi connectivity index (χ1v) is 7.30. The lowest BCUT2D eigenvalue weighted by atomic mass is 10.1. The van der Waals surface area contributed by atoms with Crippen molar-refractivity contribution >= 4 is 11.8 Å². The Morgan fingerprint density at radius 1 is 1.04 bits per heavy atom. The van der Waals surface area contributed by atoms with Crippen molar-refractivity contribution in [3.05, 3.63) is 59.7 Å². The molecular weight excluding hydrogens is 296 g/mol. The van der Waals surface area contributed by atoms with Gasteiger partial charge in [0.1, 0.15) is 6.23 Å². The minimum absolute atomic E-state index is 0.212. The molecule has 0 unspecified atom stereocenters. The van der Waals surface area contributed by atoms with E-state index in [1.165, 1.54) is 5.01 Å². The second kappa shape index (κ2) is 5.58. The number of ether oxygens (including phenoxy) is 2. The summed E-state index contributed by atoms with van der Waals surface area (Å²) in [6.45, 7) is 0.212. The maximum Gasteiger partial charge on any atom is 0.231 e. The fourth-order valence-corrected chi connectivity index (χ4v) is 2.72. The van der Waals surface area contributed by atoms with Crippen LogP contribution in [0.1, 0.15) is 5.56 Å². The Labute approximate surface area is 133 Å². The quantitative estimate of drug-likeness (QED) is 0.780. The van der Waals surface area contributed by atoms with E-state index in [9.17, 15) is 10.2 Å². The lowest BCUT2D eigenvalue weighted by Gasteiger charge is -2.21. The summed E-state index contributed by atoms with van der Waals surface area (Å²) in [5.41, 5.74) is 4.91. The molecule has 0 bridgehead atoms. The first-order valence-electron chi connectivity index (χ1n) is 7.30. The molecule has 3 N–H and O–H groups in total. The van der Waals surface area contributed by atoms with Gasteiger partial charge < -0.3 is 19.7 Å². The third-order valence-corrected chi connectivity index (χ3v) is 3.88. The number of hydrogen-bond donors (Lipinski definition) is 3. The van der Waals surface area contributed by atoms with Crippen LogP contribution in [-0.2, 0) is 0 Å². The van der Waals surface area contributed by atoms with E-state index < -0.39 is 12.5 Å². The molecular formula is C17H16N2O4. The minimum atomic E-state index is -0.962. The second-order valence-corrected chi connectivity index (χ2v) is 5.37. The predicted molar refractivity (Wildman–Crippen MR) is 84.6 cm³/mol. The molecule has 2 aromatic rings. The molecule has 118 valence electrons. The summed E-state index contributed by atoms with van der Waals surface area (Å²) in [6, 6.07) is 14.8. The number of hydrazine groups is 1. The van der Waals surface area contributed by atoms with Gasteiger partial charge in [0.05, 0.1) is 5.69 Å². The normalized spacial score (nSPS) is 24.4. The van der Waals surface area contributed by atoms with E-state index in [1.807, 2.05) is 48.5 Å². The Morgan fingerprint density at radius 3 is 2.65 bits per heavy atom. The molecule has 0 aliphatic carbocycles. The molecule has 0 radical (unpaired) electrons. The Bertz CT molecular complexity index is 748.